The molecule has 0 saturated heterocycles. The molecular weight excluding hydrogens is 493 g/mol. The van der Waals surface area contributed by atoms with Crippen LogP contribution in [0.25, 0.3) is 0 Å². The van der Waals surface area contributed by atoms with Gasteiger partial charge in [-0.2, -0.15) is 0 Å². The fourth-order valence-electron chi connectivity index (χ4n) is 0.788. The maximum absolute atomic E-state index is 11.3. The molecule has 0 spiro atoms. The smallest absolute Gasteiger partial charge is 0.173 e. The second kappa shape index (κ2) is 5.08. The maximum atomic E-state index is 11.3. The SMILES string of the molecule is O=C(CI)c1ccc(I)cc1I. The number of Topliss-reactive ketones (excluding diaryl/α,β-unsaturated/α-hetero) is 1. The number of carbonyl (C=O) groups is 1. The first-order valence-electron chi connectivity index (χ1n) is 3.19. The lowest BCUT2D eigenvalue weighted by molar-refractivity contribution is 0.102. The zero-order valence-corrected chi connectivity index (χ0v) is 12.5. The third-order valence-corrected chi connectivity index (χ3v) is 3.61. The normalized spacial score (nSPS) is 9.92. The molecule has 0 amide bonds. The molecule has 4 heteroatoms. The minimum atomic E-state index is 0.205. The highest BCUT2D eigenvalue weighted by Crippen LogP contribution is 2.17. The molecule has 0 N–H and O–H groups in total. The van der Waals surface area contributed by atoms with Crippen LogP contribution in [0.3, 0.4) is 0 Å². The van der Waals surface area contributed by atoms with Crippen molar-refractivity contribution in [2.24, 2.45) is 0 Å². The van der Waals surface area contributed by atoms with Gasteiger partial charge in [0.25, 0.3) is 0 Å². The van der Waals surface area contributed by atoms with Gasteiger partial charge in [-0.25, -0.2) is 0 Å². The molecule has 0 radical (unpaired) electrons. The van der Waals surface area contributed by atoms with Crippen molar-refractivity contribution in [1.29, 1.82) is 0 Å². The summed E-state index contributed by atoms with van der Waals surface area (Å²) < 4.78 is 2.76. The number of rotatable bonds is 2. The van der Waals surface area contributed by atoms with Crippen molar-refractivity contribution in [3.8, 4) is 0 Å². The molecule has 0 unspecified atom stereocenters. The van der Waals surface area contributed by atoms with Crippen molar-refractivity contribution >= 4 is 73.6 Å². The van der Waals surface area contributed by atoms with Gasteiger partial charge in [-0.15, -0.1) is 0 Å². The molecular formula is C8H5I3O. The third kappa shape index (κ3) is 2.79. The standard InChI is InChI=1S/C8H5I3O/c9-4-8(12)6-2-1-5(10)3-7(6)11/h1-3H,4H2. The molecule has 0 atom stereocenters. The molecule has 0 bridgehead atoms. The molecule has 0 aromatic heterocycles. The Bertz CT molecular complexity index is 309. The van der Waals surface area contributed by atoms with Crippen molar-refractivity contribution in [3.63, 3.8) is 0 Å². The highest BCUT2D eigenvalue weighted by molar-refractivity contribution is 14.1. The lowest BCUT2D eigenvalue weighted by atomic mass is 10.2. The minimum absolute atomic E-state index is 0.205. The Hall–Kier alpha value is 1.08. The molecule has 0 aliphatic carbocycles. The van der Waals surface area contributed by atoms with Crippen LogP contribution in [-0.4, -0.2) is 10.2 Å². The number of ketones is 1. The molecule has 64 valence electrons. The van der Waals surface area contributed by atoms with Gasteiger partial charge in [0, 0.05) is 12.7 Å². The van der Waals surface area contributed by atoms with E-state index in [-0.39, 0.29) is 5.78 Å². The molecule has 12 heavy (non-hydrogen) atoms. The van der Waals surface area contributed by atoms with Crippen LogP contribution in [0.15, 0.2) is 18.2 Å². The second-order valence-corrected chi connectivity index (χ2v) is 5.35. The Balaban J connectivity index is 3.09. The van der Waals surface area contributed by atoms with Crippen LogP contribution in [-0.2, 0) is 0 Å². The van der Waals surface area contributed by atoms with Crippen LogP contribution in [0, 0.1) is 7.14 Å². The molecule has 0 aliphatic rings. The van der Waals surface area contributed by atoms with Crippen LogP contribution in [0.4, 0.5) is 0 Å². The van der Waals surface area contributed by atoms with Crippen molar-refractivity contribution in [3.05, 3.63) is 30.9 Å². The van der Waals surface area contributed by atoms with Crippen molar-refractivity contribution in [1.82, 2.24) is 0 Å². The zero-order valence-electron chi connectivity index (χ0n) is 5.98. The van der Waals surface area contributed by atoms with E-state index in [1.54, 1.807) is 0 Å². The summed E-state index contributed by atoms with van der Waals surface area (Å²) in [6.07, 6.45) is 0. The summed E-state index contributed by atoms with van der Waals surface area (Å²) in [5, 5.41) is 0. The van der Waals surface area contributed by atoms with Crippen molar-refractivity contribution in [2.75, 3.05) is 4.43 Å². The highest BCUT2D eigenvalue weighted by atomic mass is 127. The number of halogens is 3. The highest BCUT2D eigenvalue weighted by Gasteiger charge is 2.07. The average Bonchev–Trinajstić information content (AvgIpc) is 2.03. The largest absolute Gasteiger partial charge is 0.293 e. The molecule has 0 aliphatic heterocycles. The fraction of sp³-hybridized carbons (Fsp3) is 0.125. The Morgan fingerprint density at radius 2 is 2.00 bits per heavy atom. The molecule has 1 aromatic carbocycles. The first-order valence-corrected chi connectivity index (χ1v) is 6.87. The summed E-state index contributed by atoms with van der Waals surface area (Å²) in [5.41, 5.74) is 0.838. The van der Waals surface area contributed by atoms with Gasteiger partial charge in [-0.05, 0) is 63.4 Å². The van der Waals surface area contributed by atoms with Crippen LogP contribution in [0.5, 0.6) is 0 Å². The molecule has 0 saturated carbocycles. The first-order chi connectivity index (χ1) is 5.65. The summed E-state index contributed by atoms with van der Waals surface area (Å²) in [6.45, 7) is 0. The van der Waals surface area contributed by atoms with Gasteiger partial charge in [0.15, 0.2) is 5.78 Å². The second-order valence-electron chi connectivity index (χ2n) is 2.18. The lowest BCUT2D eigenvalue weighted by Crippen LogP contribution is -2.02. The summed E-state index contributed by atoms with van der Waals surface area (Å²) in [7, 11) is 0. The topological polar surface area (TPSA) is 17.1 Å². The van der Waals surface area contributed by atoms with Gasteiger partial charge >= 0.3 is 0 Å². The number of alkyl halides is 1. The zero-order chi connectivity index (χ0) is 9.14. The molecule has 0 heterocycles. The van der Waals surface area contributed by atoms with Crippen molar-refractivity contribution < 1.29 is 4.79 Å². The minimum Gasteiger partial charge on any atom is -0.293 e. The Morgan fingerprint density at radius 3 is 2.50 bits per heavy atom. The molecule has 0 fully saturated rings. The van der Waals surface area contributed by atoms with Crippen molar-refractivity contribution in [2.45, 2.75) is 0 Å². The van der Waals surface area contributed by atoms with E-state index in [1.165, 1.54) is 3.57 Å². The van der Waals surface area contributed by atoms with E-state index in [0.29, 0.717) is 4.43 Å². The Labute approximate surface area is 112 Å². The van der Waals surface area contributed by atoms with E-state index >= 15 is 0 Å². The number of hydrogen-bond donors (Lipinski definition) is 0. The quantitative estimate of drug-likeness (QED) is 0.347. The lowest BCUT2D eigenvalue weighted by Gasteiger charge is -2.00. The summed E-state index contributed by atoms with van der Waals surface area (Å²) in [5.74, 6) is 0.205. The van der Waals surface area contributed by atoms with E-state index in [4.69, 9.17) is 0 Å². The van der Waals surface area contributed by atoms with Crippen LogP contribution < -0.4 is 0 Å². The summed E-state index contributed by atoms with van der Waals surface area (Å²) >= 11 is 6.52. The van der Waals surface area contributed by atoms with Crippen LogP contribution in [0.1, 0.15) is 10.4 Å². The number of carbonyl (C=O) groups excluding carboxylic acids is 1. The van der Waals surface area contributed by atoms with Crippen LogP contribution >= 0.6 is 67.8 Å². The Morgan fingerprint density at radius 1 is 1.33 bits per heavy atom. The van der Waals surface area contributed by atoms with E-state index in [1.807, 2.05) is 18.2 Å². The molecule has 1 nitrogen and oxygen atoms in total. The van der Waals surface area contributed by atoms with Gasteiger partial charge in [-0.3, -0.25) is 4.79 Å². The molecule has 1 aromatic rings. The van der Waals surface area contributed by atoms with Gasteiger partial charge in [-0.1, -0.05) is 22.6 Å². The maximum Gasteiger partial charge on any atom is 0.173 e. The van der Waals surface area contributed by atoms with E-state index < -0.39 is 0 Å². The van der Waals surface area contributed by atoms with E-state index in [0.717, 1.165) is 9.13 Å². The number of hydrogen-bond acceptors (Lipinski definition) is 1. The van der Waals surface area contributed by atoms with Gasteiger partial charge < -0.3 is 0 Å². The third-order valence-electron chi connectivity index (χ3n) is 1.35. The van der Waals surface area contributed by atoms with E-state index in [2.05, 4.69) is 67.8 Å². The Kier molecular flexibility index (Phi) is 4.73. The van der Waals surface area contributed by atoms with E-state index in [9.17, 15) is 4.79 Å². The average molecular weight is 498 g/mol. The number of benzene rings is 1. The van der Waals surface area contributed by atoms with Gasteiger partial charge in [0.1, 0.15) is 0 Å². The van der Waals surface area contributed by atoms with Crippen LogP contribution in [0.2, 0.25) is 0 Å². The predicted molar refractivity (Wildman–Crippen MR) is 75.1 cm³/mol. The summed E-state index contributed by atoms with van der Waals surface area (Å²) in [4.78, 5) is 11.3. The monoisotopic (exact) mass is 498 g/mol. The summed E-state index contributed by atoms with van der Waals surface area (Å²) in [6, 6.07) is 5.87. The first kappa shape index (κ1) is 11.2. The van der Waals surface area contributed by atoms with Gasteiger partial charge in [0.05, 0.1) is 4.43 Å². The fourth-order valence-corrected chi connectivity index (χ4v) is 3.10. The predicted octanol–water partition coefficient (Wildman–Crippen LogP) is 3.51. The molecule has 1 rings (SSSR count). The van der Waals surface area contributed by atoms with Gasteiger partial charge in [0.2, 0.25) is 0 Å².